The Balaban J connectivity index is 0.000000386. The van der Waals surface area contributed by atoms with E-state index >= 15 is 0 Å². The van der Waals surface area contributed by atoms with Crippen molar-refractivity contribution in [2.45, 2.75) is 38.7 Å². The Labute approximate surface area is 237 Å². The number of benzene rings is 2. The van der Waals surface area contributed by atoms with E-state index in [1.54, 1.807) is 0 Å². The highest BCUT2D eigenvalue weighted by Gasteiger charge is 2.31. The Bertz CT molecular complexity index is 1360. The minimum atomic E-state index is -1.26. The summed E-state index contributed by atoms with van der Waals surface area (Å²) in [7, 11) is 0. The smallest absolute Gasteiger partial charge is 0.328 e. The molecule has 2 aromatic carbocycles. The third kappa shape index (κ3) is 7.68. The van der Waals surface area contributed by atoms with E-state index in [1.165, 1.54) is 16.5 Å². The second kappa shape index (κ2) is 12.3. The van der Waals surface area contributed by atoms with Gasteiger partial charge in [-0.1, -0.05) is 29.3 Å². The van der Waals surface area contributed by atoms with Crippen molar-refractivity contribution in [2.24, 2.45) is 0 Å². The van der Waals surface area contributed by atoms with E-state index in [1.807, 2.05) is 12.1 Å². The first-order valence-electron chi connectivity index (χ1n) is 12.9. The van der Waals surface area contributed by atoms with E-state index in [2.05, 4.69) is 53.0 Å². The molecule has 2 aliphatic rings. The molecule has 2 aliphatic heterocycles. The number of piperazine rings is 1. The first-order valence-corrected chi connectivity index (χ1v) is 13.6. The summed E-state index contributed by atoms with van der Waals surface area (Å²) < 4.78 is 6.40. The molecule has 0 bridgehead atoms. The fourth-order valence-corrected chi connectivity index (χ4v) is 5.34. The Morgan fingerprint density at radius 2 is 1.72 bits per heavy atom. The highest BCUT2D eigenvalue weighted by atomic mass is 35.5. The monoisotopic (exact) mass is 573 g/mol. The van der Waals surface area contributed by atoms with Crippen LogP contribution in [0.3, 0.4) is 0 Å². The predicted molar refractivity (Wildman–Crippen MR) is 155 cm³/mol. The van der Waals surface area contributed by atoms with Crippen LogP contribution in [0.5, 0.6) is 5.75 Å². The summed E-state index contributed by atoms with van der Waals surface area (Å²) >= 11 is 12.6. The summed E-state index contributed by atoms with van der Waals surface area (Å²) in [6, 6.07) is 10.2. The molecule has 0 amide bonds. The van der Waals surface area contributed by atoms with Gasteiger partial charge in [-0.2, -0.15) is 0 Å². The summed E-state index contributed by atoms with van der Waals surface area (Å²) in [5, 5.41) is 18.5. The topological polar surface area (TPSA) is 106 Å². The molecule has 8 nitrogen and oxygen atoms in total. The van der Waals surface area contributed by atoms with Gasteiger partial charge in [-0.05, 0) is 68.5 Å². The van der Waals surface area contributed by atoms with Gasteiger partial charge in [0.05, 0.1) is 5.69 Å². The number of nitrogens with one attached hydrogen (secondary N) is 1. The lowest BCUT2D eigenvalue weighted by molar-refractivity contribution is -0.134. The Morgan fingerprint density at radius 3 is 2.38 bits per heavy atom. The lowest BCUT2D eigenvalue weighted by Crippen LogP contribution is -2.47. The van der Waals surface area contributed by atoms with Crippen molar-refractivity contribution < 1.29 is 24.5 Å². The fraction of sp³-hybridized carbons (Fsp3) is 0.379. The highest BCUT2D eigenvalue weighted by molar-refractivity contribution is 6.31. The number of hydrogen-bond acceptors (Lipinski definition) is 5. The lowest BCUT2D eigenvalue weighted by atomic mass is 9.93. The number of anilines is 1. The molecule has 0 aliphatic carbocycles. The molecule has 0 unspecified atom stereocenters. The number of carbonyl (C=O) groups is 2. The number of carboxylic acid groups (broad SMARTS) is 2. The van der Waals surface area contributed by atoms with Gasteiger partial charge in [0.1, 0.15) is 11.4 Å². The minimum Gasteiger partial charge on any atom is -0.485 e. The third-order valence-electron chi connectivity index (χ3n) is 6.99. The summed E-state index contributed by atoms with van der Waals surface area (Å²) in [4.78, 5) is 27.4. The molecule has 0 saturated carbocycles. The number of hydrogen-bond donors (Lipinski definition) is 3. The zero-order chi connectivity index (χ0) is 28.2. The van der Waals surface area contributed by atoms with E-state index in [9.17, 15) is 9.59 Å². The molecule has 3 heterocycles. The van der Waals surface area contributed by atoms with Crippen LogP contribution in [0.1, 0.15) is 31.4 Å². The maximum Gasteiger partial charge on any atom is 0.328 e. The Morgan fingerprint density at radius 1 is 1.03 bits per heavy atom. The predicted octanol–water partition coefficient (Wildman–Crippen LogP) is 5.65. The van der Waals surface area contributed by atoms with Gasteiger partial charge in [0.15, 0.2) is 0 Å². The van der Waals surface area contributed by atoms with Gasteiger partial charge in [0.2, 0.25) is 0 Å². The molecule has 1 aromatic heterocycles. The molecular formula is C29H33Cl2N3O5. The molecule has 1 fully saturated rings. The Kier molecular flexibility index (Phi) is 9.10. The van der Waals surface area contributed by atoms with Gasteiger partial charge in [-0.25, -0.2) is 9.59 Å². The molecule has 3 N–H and O–H groups in total. The lowest BCUT2D eigenvalue weighted by Gasteiger charge is -2.40. The van der Waals surface area contributed by atoms with Crippen LogP contribution < -0.4 is 9.64 Å². The Hall–Kier alpha value is -3.20. The number of rotatable bonds is 6. The van der Waals surface area contributed by atoms with Crippen molar-refractivity contribution in [1.29, 1.82) is 0 Å². The van der Waals surface area contributed by atoms with Gasteiger partial charge in [0.25, 0.3) is 0 Å². The molecule has 39 heavy (non-hydrogen) atoms. The second-order valence-corrected chi connectivity index (χ2v) is 11.2. The zero-order valence-corrected chi connectivity index (χ0v) is 23.6. The van der Waals surface area contributed by atoms with Gasteiger partial charge >= 0.3 is 11.9 Å². The quantitative estimate of drug-likeness (QED) is 0.327. The molecule has 208 valence electrons. The second-order valence-electron chi connectivity index (χ2n) is 10.4. The molecule has 3 aromatic rings. The summed E-state index contributed by atoms with van der Waals surface area (Å²) in [5.41, 5.74) is 4.74. The molecular weight excluding hydrogens is 541 g/mol. The normalized spacial score (nSPS) is 16.9. The van der Waals surface area contributed by atoms with E-state index in [0.29, 0.717) is 12.2 Å². The zero-order valence-electron chi connectivity index (χ0n) is 22.0. The van der Waals surface area contributed by atoms with Crippen LogP contribution in [-0.4, -0.2) is 70.4 Å². The average Bonchev–Trinajstić information content (AvgIpc) is 3.28. The van der Waals surface area contributed by atoms with Crippen LogP contribution in [0, 0.1) is 0 Å². The van der Waals surface area contributed by atoms with Crippen LogP contribution in [0.2, 0.25) is 10.0 Å². The van der Waals surface area contributed by atoms with Crippen LogP contribution in [0.25, 0.3) is 10.9 Å². The number of ether oxygens (including phenoxy) is 1. The maximum absolute atomic E-state index is 9.55. The first-order chi connectivity index (χ1) is 18.5. The minimum absolute atomic E-state index is 0.124. The molecule has 0 atom stereocenters. The third-order valence-corrected chi connectivity index (χ3v) is 7.45. The van der Waals surface area contributed by atoms with E-state index < -0.39 is 11.9 Å². The number of carboxylic acids is 2. The maximum atomic E-state index is 9.55. The van der Waals surface area contributed by atoms with Gasteiger partial charge in [0, 0.05) is 72.0 Å². The highest BCUT2D eigenvalue weighted by Crippen LogP contribution is 2.42. The van der Waals surface area contributed by atoms with E-state index in [0.717, 1.165) is 79.0 Å². The standard InChI is InChI=1S/C25H29Cl2N3O.C4H4O4/c1-25(2)7-5-17-13-20(27)15-23(24(17)31-25)30-11-9-29(10-12-30)8-6-18-16-28-22-14-19(26)3-4-21(18)22;5-3(6)1-2-4(7)8/h3-4,13-16,28H,5-12H2,1-2H3;1-2H,(H,5,6)(H,7,8)/b;2-1+. The van der Waals surface area contributed by atoms with Crippen LogP contribution in [0.4, 0.5) is 5.69 Å². The number of H-pyrrole nitrogens is 1. The van der Waals surface area contributed by atoms with Gasteiger partial charge in [-0.15, -0.1) is 0 Å². The number of halogens is 2. The number of aromatic nitrogens is 1. The van der Waals surface area contributed by atoms with E-state index in [4.69, 9.17) is 38.2 Å². The largest absolute Gasteiger partial charge is 0.485 e. The molecule has 5 rings (SSSR count). The summed E-state index contributed by atoms with van der Waals surface area (Å²) in [6.07, 6.45) is 6.31. The van der Waals surface area contributed by atoms with Crippen LogP contribution >= 0.6 is 23.2 Å². The summed E-state index contributed by atoms with van der Waals surface area (Å²) in [6.45, 7) is 9.45. The van der Waals surface area contributed by atoms with Crippen molar-refractivity contribution in [3.05, 3.63) is 69.9 Å². The number of nitrogens with zero attached hydrogens (tertiary/aromatic N) is 2. The van der Waals surface area contributed by atoms with Crippen molar-refractivity contribution in [1.82, 2.24) is 9.88 Å². The molecule has 1 saturated heterocycles. The summed E-state index contributed by atoms with van der Waals surface area (Å²) in [5.74, 6) is -1.48. The number of fused-ring (bicyclic) bond motifs is 2. The SMILES string of the molecule is CC1(C)CCc2cc(Cl)cc(N3CCN(CCc4c[nH]c5cc(Cl)ccc45)CC3)c2O1.O=C(O)/C=C/C(=O)O. The number of aromatic amines is 1. The number of aryl methyl sites for hydroxylation is 1. The van der Waals surface area contributed by atoms with Crippen LogP contribution in [0.15, 0.2) is 48.7 Å². The molecule has 0 radical (unpaired) electrons. The van der Waals surface area contributed by atoms with Crippen LogP contribution in [-0.2, 0) is 22.4 Å². The van der Waals surface area contributed by atoms with Crippen molar-refractivity contribution in [3.63, 3.8) is 0 Å². The molecule has 10 heteroatoms. The van der Waals surface area contributed by atoms with Crippen molar-refractivity contribution >= 4 is 51.7 Å². The van der Waals surface area contributed by atoms with Gasteiger partial charge in [-0.3, -0.25) is 4.90 Å². The molecule has 0 spiro atoms. The fourth-order valence-electron chi connectivity index (χ4n) is 4.93. The van der Waals surface area contributed by atoms with E-state index in [-0.39, 0.29) is 5.60 Å². The first kappa shape index (κ1) is 28.8. The average molecular weight is 575 g/mol. The van der Waals surface area contributed by atoms with Gasteiger partial charge < -0.3 is 24.8 Å². The number of aliphatic carboxylic acids is 2. The van der Waals surface area contributed by atoms with Crippen molar-refractivity contribution in [3.8, 4) is 5.75 Å². The van der Waals surface area contributed by atoms with Crippen molar-refractivity contribution in [2.75, 3.05) is 37.6 Å².